The molecule has 1 atom stereocenters. The van der Waals surface area contributed by atoms with Crippen molar-refractivity contribution in [3.63, 3.8) is 0 Å². The molecule has 0 radical (unpaired) electrons. The molecule has 152 valence electrons. The second-order valence-electron chi connectivity index (χ2n) is 7.79. The van der Waals surface area contributed by atoms with Crippen molar-refractivity contribution in [2.75, 3.05) is 26.7 Å². The summed E-state index contributed by atoms with van der Waals surface area (Å²) in [4.78, 5) is 15.7. The van der Waals surface area contributed by atoms with Crippen molar-refractivity contribution in [1.82, 2.24) is 9.80 Å². The van der Waals surface area contributed by atoms with Crippen molar-refractivity contribution in [3.05, 3.63) is 65.2 Å². The second-order valence-corrected chi connectivity index (χ2v) is 7.79. The van der Waals surface area contributed by atoms with Crippen molar-refractivity contribution in [1.29, 1.82) is 0 Å². The average Bonchev–Trinajstić information content (AvgIpc) is 3.19. The van der Waals surface area contributed by atoms with Gasteiger partial charge in [0, 0.05) is 18.2 Å². The average molecular weight is 403 g/mol. The smallest absolute Gasteiger partial charge is 0.171 e. The molecule has 2 aromatic rings. The van der Waals surface area contributed by atoms with Gasteiger partial charge in [-0.25, -0.2) is 0 Å². The number of hydrogen-bond donors (Lipinski definition) is 0. The summed E-state index contributed by atoms with van der Waals surface area (Å²) in [6, 6.07) is 17.6. The molecule has 1 saturated heterocycles. The van der Waals surface area contributed by atoms with E-state index in [2.05, 4.69) is 59.3 Å². The van der Waals surface area contributed by atoms with Crippen LogP contribution in [0.25, 0.3) is 0 Å². The van der Waals surface area contributed by atoms with E-state index in [1.165, 1.54) is 49.0 Å². The van der Waals surface area contributed by atoms with Gasteiger partial charge in [-0.1, -0.05) is 48.9 Å². The van der Waals surface area contributed by atoms with Crippen LogP contribution in [0.2, 0.25) is 0 Å². The lowest BCUT2D eigenvalue weighted by Gasteiger charge is -2.36. The third-order valence-electron chi connectivity index (χ3n) is 5.79. The van der Waals surface area contributed by atoms with E-state index in [0.29, 0.717) is 12.6 Å². The standard InChI is InChI=1S/C23H30N2O2.ClH/c1-24(17-19-9-4-2-5-10-19)16-13-22(25-14-6-3-7-15-25)20-11-8-12-23-21(20)18-26-27-23;/h2,4-5,8-12,22H,3,6-7,13-18H2,1H3;1H. The molecule has 4 rings (SSSR count). The van der Waals surface area contributed by atoms with Gasteiger partial charge in [-0.05, 0) is 63.1 Å². The normalized spacial score (nSPS) is 17.6. The Bertz CT molecular complexity index is 735. The topological polar surface area (TPSA) is 24.9 Å². The molecule has 1 unspecified atom stereocenters. The van der Waals surface area contributed by atoms with Gasteiger partial charge in [-0.2, -0.15) is 4.89 Å². The van der Waals surface area contributed by atoms with E-state index in [9.17, 15) is 0 Å². The summed E-state index contributed by atoms with van der Waals surface area (Å²) in [5.41, 5.74) is 4.00. The second kappa shape index (κ2) is 10.3. The Balaban J connectivity index is 0.00000225. The van der Waals surface area contributed by atoms with Gasteiger partial charge in [0.2, 0.25) is 0 Å². The molecule has 0 bridgehead atoms. The fourth-order valence-corrected chi connectivity index (χ4v) is 4.36. The summed E-state index contributed by atoms with van der Waals surface area (Å²) < 4.78 is 0. The third kappa shape index (κ3) is 5.06. The number of likely N-dealkylation sites (tertiary alicyclic amines) is 1. The Labute approximate surface area is 174 Å². The van der Waals surface area contributed by atoms with E-state index < -0.39 is 0 Å². The fraction of sp³-hybridized carbons (Fsp3) is 0.478. The van der Waals surface area contributed by atoms with Gasteiger partial charge in [0.15, 0.2) is 5.75 Å². The van der Waals surface area contributed by atoms with Crippen LogP contribution in [0.4, 0.5) is 0 Å². The molecule has 28 heavy (non-hydrogen) atoms. The zero-order valence-electron chi connectivity index (χ0n) is 16.7. The summed E-state index contributed by atoms with van der Waals surface area (Å²) in [7, 11) is 2.22. The maximum Gasteiger partial charge on any atom is 0.171 e. The molecule has 4 nitrogen and oxygen atoms in total. The lowest BCUT2D eigenvalue weighted by molar-refractivity contribution is -0.194. The van der Waals surface area contributed by atoms with E-state index in [1.807, 2.05) is 6.07 Å². The van der Waals surface area contributed by atoms with Gasteiger partial charge < -0.3 is 9.79 Å². The van der Waals surface area contributed by atoms with E-state index in [-0.39, 0.29) is 12.4 Å². The number of fused-ring (bicyclic) bond motifs is 1. The zero-order chi connectivity index (χ0) is 18.5. The predicted octanol–water partition coefficient (Wildman–Crippen LogP) is 4.98. The van der Waals surface area contributed by atoms with Crippen LogP contribution >= 0.6 is 12.4 Å². The van der Waals surface area contributed by atoms with Crippen LogP contribution in [0.1, 0.15) is 48.4 Å². The lowest BCUT2D eigenvalue weighted by Crippen LogP contribution is -2.36. The Morgan fingerprint density at radius 2 is 1.79 bits per heavy atom. The first-order chi connectivity index (χ1) is 13.3. The summed E-state index contributed by atoms with van der Waals surface area (Å²) in [6.45, 7) is 5.01. The molecule has 2 aliphatic rings. The molecular weight excluding hydrogens is 372 g/mol. The monoisotopic (exact) mass is 402 g/mol. The van der Waals surface area contributed by atoms with E-state index >= 15 is 0 Å². The first-order valence-corrected chi connectivity index (χ1v) is 10.2. The maximum absolute atomic E-state index is 5.35. The van der Waals surface area contributed by atoms with Crippen LogP contribution < -0.4 is 4.89 Å². The number of hydrogen-bond acceptors (Lipinski definition) is 4. The van der Waals surface area contributed by atoms with Crippen molar-refractivity contribution in [2.24, 2.45) is 0 Å². The highest BCUT2D eigenvalue weighted by atomic mass is 35.5. The molecule has 2 aliphatic heterocycles. The van der Waals surface area contributed by atoms with Gasteiger partial charge in [-0.3, -0.25) is 4.90 Å². The minimum Gasteiger partial charge on any atom is -0.337 e. The number of benzene rings is 2. The SMILES string of the molecule is CN(CCC(c1cccc2c1COO2)N1CCCCC1)Cc1ccccc1.Cl. The van der Waals surface area contributed by atoms with Gasteiger partial charge >= 0.3 is 0 Å². The van der Waals surface area contributed by atoms with E-state index in [4.69, 9.17) is 9.78 Å². The summed E-state index contributed by atoms with van der Waals surface area (Å²) >= 11 is 0. The molecule has 5 heteroatoms. The molecule has 2 aromatic carbocycles. The molecule has 0 spiro atoms. The van der Waals surface area contributed by atoms with Crippen LogP contribution in [-0.4, -0.2) is 36.5 Å². The molecule has 2 heterocycles. The first-order valence-electron chi connectivity index (χ1n) is 10.2. The summed E-state index contributed by atoms with van der Waals surface area (Å²) in [6.07, 6.45) is 5.09. The van der Waals surface area contributed by atoms with Crippen molar-refractivity contribution >= 4 is 12.4 Å². The Morgan fingerprint density at radius 1 is 1.00 bits per heavy atom. The zero-order valence-corrected chi connectivity index (χ0v) is 17.5. The molecule has 1 fully saturated rings. The molecule has 0 amide bonds. The van der Waals surface area contributed by atoms with Gasteiger partial charge in [0.05, 0.1) is 0 Å². The Morgan fingerprint density at radius 3 is 2.57 bits per heavy atom. The number of rotatable bonds is 7. The maximum atomic E-state index is 5.35. The van der Waals surface area contributed by atoms with Gasteiger partial charge in [0.25, 0.3) is 0 Å². The summed E-state index contributed by atoms with van der Waals surface area (Å²) in [5.74, 6) is 0.896. The third-order valence-corrected chi connectivity index (χ3v) is 5.79. The van der Waals surface area contributed by atoms with E-state index in [1.54, 1.807) is 0 Å². The highest BCUT2D eigenvalue weighted by Gasteiger charge is 2.28. The molecule has 0 saturated carbocycles. The minimum absolute atomic E-state index is 0. The van der Waals surface area contributed by atoms with Crippen molar-refractivity contribution in [3.8, 4) is 5.75 Å². The number of halogens is 1. The van der Waals surface area contributed by atoms with Crippen molar-refractivity contribution in [2.45, 2.75) is 44.9 Å². The highest BCUT2D eigenvalue weighted by molar-refractivity contribution is 5.85. The molecule has 0 aromatic heterocycles. The van der Waals surface area contributed by atoms with Crippen LogP contribution in [0.5, 0.6) is 5.75 Å². The van der Waals surface area contributed by atoms with Crippen LogP contribution in [-0.2, 0) is 18.0 Å². The first kappa shape index (κ1) is 21.1. The molecular formula is C23H31ClN2O2. The predicted molar refractivity (Wildman–Crippen MR) is 115 cm³/mol. The van der Waals surface area contributed by atoms with Gasteiger partial charge in [0.1, 0.15) is 6.61 Å². The molecule has 0 N–H and O–H groups in total. The summed E-state index contributed by atoms with van der Waals surface area (Å²) in [5, 5.41) is 0. The van der Waals surface area contributed by atoms with Gasteiger partial charge in [-0.15, -0.1) is 12.4 Å². The fourth-order valence-electron chi connectivity index (χ4n) is 4.36. The number of piperidine rings is 1. The quantitative estimate of drug-likeness (QED) is 0.609. The Kier molecular flexibility index (Phi) is 7.74. The van der Waals surface area contributed by atoms with Crippen molar-refractivity contribution < 1.29 is 9.78 Å². The van der Waals surface area contributed by atoms with Crippen LogP contribution in [0, 0.1) is 0 Å². The van der Waals surface area contributed by atoms with E-state index in [0.717, 1.165) is 25.3 Å². The highest BCUT2D eigenvalue weighted by Crippen LogP contribution is 2.37. The molecule has 0 aliphatic carbocycles. The lowest BCUT2D eigenvalue weighted by atomic mass is 9.94. The minimum atomic E-state index is 0. The van der Waals surface area contributed by atoms with Crippen LogP contribution in [0.15, 0.2) is 48.5 Å². The number of nitrogens with zero attached hydrogens (tertiary/aromatic N) is 2. The largest absolute Gasteiger partial charge is 0.337 e. The van der Waals surface area contributed by atoms with Crippen LogP contribution in [0.3, 0.4) is 0 Å². The Hall–Kier alpha value is -1.59.